The van der Waals surface area contributed by atoms with Crippen LogP contribution in [-0.2, 0) is 6.42 Å². The molecule has 8 heteroatoms. The summed E-state index contributed by atoms with van der Waals surface area (Å²) in [6, 6.07) is 9.02. The van der Waals surface area contributed by atoms with Crippen LogP contribution in [0.3, 0.4) is 0 Å². The van der Waals surface area contributed by atoms with Gasteiger partial charge in [0.2, 0.25) is 4.96 Å². The maximum atomic E-state index is 6.23. The monoisotopic (exact) mass is 378 g/mol. The summed E-state index contributed by atoms with van der Waals surface area (Å²) in [7, 11) is 0. The molecule has 0 amide bonds. The largest absolute Gasteiger partial charge is 0.453 e. The molecule has 4 rings (SSSR count). The molecule has 0 aliphatic rings. The summed E-state index contributed by atoms with van der Waals surface area (Å²) in [6.45, 7) is 2.10. The lowest BCUT2D eigenvalue weighted by Gasteiger charge is -2.01. The Balaban J connectivity index is 1.73. The van der Waals surface area contributed by atoms with Crippen molar-refractivity contribution in [2.24, 2.45) is 0 Å². The average molecular weight is 379 g/mol. The number of furan rings is 1. The molecule has 122 valence electrons. The van der Waals surface area contributed by atoms with Crippen molar-refractivity contribution in [2.75, 3.05) is 0 Å². The summed E-state index contributed by atoms with van der Waals surface area (Å²) >= 11 is 13.7. The van der Waals surface area contributed by atoms with E-state index in [1.807, 2.05) is 12.1 Å². The Bertz CT molecular complexity index is 1020. The van der Waals surface area contributed by atoms with E-state index < -0.39 is 0 Å². The lowest BCUT2D eigenvalue weighted by molar-refractivity contribution is 0.595. The Morgan fingerprint density at radius 3 is 2.79 bits per heavy atom. The Kier molecular flexibility index (Phi) is 4.04. The van der Waals surface area contributed by atoms with E-state index in [1.165, 1.54) is 11.3 Å². The standard InChI is InChI=1S/C16H12Cl2N4OS/c1-2-3-14-19-20-16-22(14)21-15(24-16)13-7-6-12(23-13)10-8-9(17)4-5-11(10)18/h4-8H,2-3H2,1H3. The minimum absolute atomic E-state index is 0.587. The number of halogens is 2. The van der Waals surface area contributed by atoms with Gasteiger partial charge in [0.05, 0.1) is 5.02 Å². The minimum atomic E-state index is 0.587. The van der Waals surface area contributed by atoms with Crippen LogP contribution >= 0.6 is 34.5 Å². The first kappa shape index (κ1) is 15.6. The van der Waals surface area contributed by atoms with Crippen LogP contribution in [0.5, 0.6) is 0 Å². The average Bonchev–Trinajstić information content (AvgIpc) is 3.26. The van der Waals surface area contributed by atoms with Crippen LogP contribution in [0.4, 0.5) is 0 Å². The van der Waals surface area contributed by atoms with Crippen LogP contribution < -0.4 is 0 Å². The predicted molar refractivity (Wildman–Crippen MR) is 95.8 cm³/mol. The fourth-order valence-electron chi connectivity index (χ4n) is 2.42. The number of aryl methyl sites for hydroxylation is 1. The van der Waals surface area contributed by atoms with Gasteiger partial charge in [0.15, 0.2) is 16.6 Å². The topological polar surface area (TPSA) is 56.2 Å². The van der Waals surface area contributed by atoms with Gasteiger partial charge in [-0.25, -0.2) is 0 Å². The maximum Gasteiger partial charge on any atom is 0.235 e. The molecular formula is C16H12Cl2N4OS. The Morgan fingerprint density at radius 1 is 1.12 bits per heavy atom. The van der Waals surface area contributed by atoms with Gasteiger partial charge in [-0.2, -0.15) is 4.52 Å². The van der Waals surface area contributed by atoms with Crippen molar-refractivity contribution in [3.63, 3.8) is 0 Å². The first-order valence-corrected chi connectivity index (χ1v) is 8.99. The third-order valence-corrected chi connectivity index (χ3v) is 5.02. The number of aromatic nitrogens is 4. The molecular weight excluding hydrogens is 367 g/mol. The summed E-state index contributed by atoms with van der Waals surface area (Å²) in [4.78, 5) is 0.757. The first-order valence-electron chi connectivity index (χ1n) is 7.42. The number of fused-ring (bicyclic) bond motifs is 1. The van der Waals surface area contributed by atoms with Gasteiger partial charge in [-0.05, 0) is 36.8 Å². The molecule has 0 radical (unpaired) electrons. The van der Waals surface area contributed by atoms with E-state index in [4.69, 9.17) is 27.6 Å². The van der Waals surface area contributed by atoms with Gasteiger partial charge in [-0.1, -0.05) is 41.5 Å². The molecule has 0 saturated heterocycles. The molecule has 0 aliphatic heterocycles. The van der Waals surface area contributed by atoms with E-state index in [-0.39, 0.29) is 0 Å². The van der Waals surface area contributed by atoms with Crippen molar-refractivity contribution in [3.05, 3.63) is 46.2 Å². The van der Waals surface area contributed by atoms with Crippen molar-refractivity contribution in [1.82, 2.24) is 19.8 Å². The molecule has 0 N–H and O–H groups in total. The van der Waals surface area contributed by atoms with E-state index in [0.717, 1.165) is 34.2 Å². The van der Waals surface area contributed by atoms with Crippen molar-refractivity contribution >= 4 is 39.5 Å². The van der Waals surface area contributed by atoms with Gasteiger partial charge in [0.1, 0.15) is 5.76 Å². The fourth-order valence-corrected chi connectivity index (χ4v) is 3.62. The summed E-state index contributed by atoms with van der Waals surface area (Å²) < 4.78 is 7.71. The first-order chi connectivity index (χ1) is 11.7. The second-order valence-electron chi connectivity index (χ2n) is 5.26. The van der Waals surface area contributed by atoms with Gasteiger partial charge in [0.25, 0.3) is 0 Å². The lowest BCUT2D eigenvalue weighted by Crippen LogP contribution is -1.94. The van der Waals surface area contributed by atoms with E-state index in [0.29, 0.717) is 21.6 Å². The highest BCUT2D eigenvalue weighted by molar-refractivity contribution is 7.19. The van der Waals surface area contributed by atoms with Gasteiger partial charge < -0.3 is 4.42 Å². The van der Waals surface area contributed by atoms with Crippen LogP contribution in [0.1, 0.15) is 19.2 Å². The zero-order valence-electron chi connectivity index (χ0n) is 12.7. The zero-order chi connectivity index (χ0) is 16.7. The number of hydrogen-bond donors (Lipinski definition) is 0. The van der Waals surface area contributed by atoms with Crippen LogP contribution in [-0.4, -0.2) is 19.8 Å². The third kappa shape index (κ3) is 2.70. The lowest BCUT2D eigenvalue weighted by atomic mass is 10.2. The van der Waals surface area contributed by atoms with E-state index in [1.54, 1.807) is 22.7 Å². The molecule has 0 atom stereocenters. The van der Waals surface area contributed by atoms with Gasteiger partial charge >= 0.3 is 0 Å². The SMILES string of the molecule is CCCc1nnc2sc(-c3ccc(-c4cc(Cl)ccc4Cl)o3)nn12. The second kappa shape index (κ2) is 6.20. The quantitative estimate of drug-likeness (QED) is 0.478. The van der Waals surface area contributed by atoms with Crippen LogP contribution in [0.2, 0.25) is 10.0 Å². The molecule has 0 spiro atoms. The highest BCUT2D eigenvalue weighted by Crippen LogP contribution is 2.35. The minimum Gasteiger partial charge on any atom is -0.453 e. The van der Waals surface area contributed by atoms with E-state index in [9.17, 15) is 0 Å². The Hall–Kier alpha value is -1.89. The summed E-state index contributed by atoms with van der Waals surface area (Å²) in [5.74, 6) is 2.18. The molecule has 1 aromatic carbocycles. The molecule has 0 bridgehead atoms. The van der Waals surface area contributed by atoms with Crippen molar-refractivity contribution in [1.29, 1.82) is 0 Å². The summed E-state index contributed by atoms with van der Waals surface area (Å²) in [5.41, 5.74) is 0.755. The smallest absolute Gasteiger partial charge is 0.235 e. The van der Waals surface area contributed by atoms with Crippen molar-refractivity contribution in [2.45, 2.75) is 19.8 Å². The third-order valence-electron chi connectivity index (χ3n) is 3.54. The van der Waals surface area contributed by atoms with Gasteiger partial charge in [-0.3, -0.25) is 0 Å². The molecule has 5 nitrogen and oxygen atoms in total. The normalized spacial score (nSPS) is 11.5. The summed E-state index contributed by atoms with van der Waals surface area (Å²) in [6.07, 6.45) is 1.83. The summed E-state index contributed by atoms with van der Waals surface area (Å²) in [5, 5.41) is 14.8. The number of benzene rings is 1. The molecule has 0 fully saturated rings. The number of rotatable bonds is 4. The number of hydrogen-bond acceptors (Lipinski definition) is 5. The number of nitrogens with zero attached hydrogens (tertiary/aromatic N) is 4. The van der Waals surface area contributed by atoms with Crippen LogP contribution in [0, 0.1) is 0 Å². The Morgan fingerprint density at radius 2 is 1.96 bits per heavy atom. The zero-order valence-corrected chi connectivity index (χ0v) is 15.0. The molecule has 3 aromatic heterocycles. The highest BCUT2D eigenvalue weighted by Gasteiger charge is 2.16. The fraction of sp³-hybridized carbons (Fsp3) is 0.188. The predicted octanol–water partition coefficient (Wildman–Crippen LogP) is 5.37. The highest BCUT2D eigenvalue weighted by atomic mass is 35.5. The van der Waals surface area contributed by atoms with Crippen LogP contribution in [0.15, 0.2) is 34.7 Å². The Labute approximate surface area is 151 Å². The van der Waals surface area contributed by atoms with Crippen LogP contribution in [0.25, 0.3) is 27.1 Å². The second-order valence-corrected chi connectivity index (χ2v) is 7.06. The molecule has 0 saturated carbocycles. The molecule has 24 heavy (non-hydrogen) atoms. The van der Waals surface area contributed by atoms with E-state index >= 15 is 0 Å². The molecule has 0 unspecified atom stereocenters. The molecule has 4 aromatic rings. The maximum absolute atomic E-state index is 6.23. The van der Waals surface area contributed by atoms with Gasteiger partial charge in [0, 0.05) is 17.0 Å². The van der Waals surface area contributed by atoms with Crippen molar-refractivity contribution in [3.8, 4) is 22.1 Å². The van der Waals surface area contributed by atoms with Gasteiger partial charge in [-0.15, -0.1) is 15.3 Å². The molecule has 0 aliphatic carbocycles. The van der Waals surface area contributed by atoms with E-state index in [2.05, 4.69) is 22.2 Å². The van der Waals surface area contributed by atoms with Crippen molar-refractivity contribution < 1.29 is 4.42 Å². The molecule has 3 heterocycles.